The van der Waals surface area contributed by atoms with E-state index in [0.29, 0.717) is 5.56 Å². The lowest BCUT2D eigenvalue weighted by Crippen LogP contribution is -2.23. The standard InChI is InChI=1S/C12H14N2O/c1-4-8-13-12(15)10-6-5-7-11(9-10)14(2)3/h1,5-7,9H,8H2,2-3H3,(H,13,15). The number of amides is 1. The third-order valence-electron chi connectivity index (χ3n) is 1.98. The van der Waals surface area contributed by atoms with Gasteiger partial charge < -0.3 is 10.2 Å². The third-order valence-corrected chi connectivity index (χ3v) is 1.98. The molecule has 0 heterocycles. The van der Waals surface area contributed by atoms with Crippen molar-refractivity contribution in [2.45, 2.75) is 0 Å². The van der Waals surface area contributed by atoms with Gasteiger partial charge in [-0.25, -0.2) is 0 Å². The van der Waals surface area contributed by atoms with Gasteiger partial charge in [-0.05, 0) is 18.2 Å². The Morgan fingerprint density at radius 1 is 1.53 bits per heavy atom. The summed E-state index contributed by atoms with van der Waals surface area (Å²) in [4.78, 5) is 13.5. The van der Waals surface area contributed by atoms with Crippen LogP contribution in [0, 0.1) is 12.3 Å². The number of nitrogens with zero attached hydrogens (tertiary/aromatic N) is 1. The number of anilines is 1. The summed E-state index contributed by atoms with van der Waals surface area (Å²) >= 11 is 0. The fourth-order valence-electron chi connectivity index (χ4n) is 1.16. The maximum absolute atomic E-state index is 11.6. The predicted octanol–water partition coefficient (Wildman–Crippen LogP) is 1.12. The molecule has 1 amide bonds. The molecule has 1 aromatic rings. The SMILES string of the molecule is C#CCNC(=O)c1cccc(N(C)C)c1. The highest BCUT2D eigenvalue weighted by Crippen LogP contribution is 2.12. The highest BCUT2D eigenvalue weighted by molar-refractivity contribution is 5.95. The summed E-state index contributed by atoms with van der Waals surface area (Å²) in [6.07, 6.45) is 5.06. The van der Waals surface area contributed by atoms with Gasteiger partial charge in [0.2, 0.25) is 0 Å². The van der Waals surface area contributed by atoms with E-state index >= 15 is 0 Å². The van der Waals surface area contributed by atoms with E-state index in [2.05, 4.69) is 11.2 Å². The number of benzene rings is 1. The van der Waals surface area contributed by atoms with Gasteiger partial charge in [-0.15, -0.1) is 6.42 Å². The van der Waals surface area contributed by atoms with Crippen molar-refractivity contribution in [3.05, 3.63) is 29.8 Å². The number of hydrogen-bond acceptors (Lipinski definition) is 2. The Balaban J connectivity index is 2.82. The van der Waals surface area contributed by atoms with Crippen LogP contribution in [0.5, 0.6) is 0 Å². The molecule has 1 aromatic carbocycles. The van der Waals surface area contributed by atoms with Gasteiger partial charge in [-0.1, -0.05) is 12.0 Å². The summed E-state index contributed by atoms with van der Waals surface area (Å²) < 4.78 is 0. The molecule has 0 bridgehead atoms. The van der Waals surface area contributed by atoms with Crippen molar-refractivity contribution in [2.75, 3.05) is 25.5 Å². The van der Waals surface area contributed by atoms with Crippen LogP contribution in [-0.2, 0) is 0 Å². The zero-order chi connectivity index (χ0) is 11.3. The number of terminal acetylenes is 1. The van der Waals surface area contributed by atoms with Crippen LogP contribution >= 0.6 is 0 Å². The Kier molecular flexibility index (Phi) is 3.75. The molecule has 3 nitrogen and oxygen atoms in total. The van der Waals surface area contributed by atoms with Crippen LogP contribution in [-0.4, -0.2) is 26.5 Å². The second-order valence-corrected chi connectivity index (χ2v) is 3.33. The molecule has 0 aliphatic heterocycles. The molecule has 0 aliphatic rings. The average molecular weight is 202 g/mol. The number of nitrogens with one attached hydrogen (secondary N) is 1. The van der Waals surface area contributed by atoms with Crippen molar-refractivity contribution in [1.82, 2.24) is 5.32 Å². The number of carbonyl (C=O) groups is 1. The number of hydrogen-bond donors (Lipinski definition) is 1. The average Bonchev–Trinajstić information content (AvgIpc) is 2.26. The Bertz CT molecular complexity index is 391. The fraction of sp³-hybridized carbons (Fsp3) is 0.250. The molecule has 3 heteroatoms. The van der Waals surface area contributed by atoms with Crippen molar-refractivity contribution in [1.29, 1.82) is 0 Å². The fourth-order valence-corrected chi connectivity index (χ4v) is 1.16. The first-order valence-electron chi connectivity index (χ1n) is 4.64. The normalized spacial score (nSPS) is 9.13. The van der Waals surface area contributed by atoms with Crippen molar-refractivity contribution >= 4 is 11.6 Å². The van der Waals surface area contributed by atoms with Gasteiger partial charge in [-0.2, -0.15) is 0 Å². The smallest absolute Gasteiger partial charge is 0.252 e. The van der Waals surface area contributed by atoms with Gasteiger partial charge in [0.25, 0.3) is 5.91 Å². The van der Waals surface area contributed by atoms with Crippen LogP contribution < -0.4 is 10.2 Å². The highest BCUT2D eigenvalue weighted by atomic mass is 16.1. The molecule has 0 radical (unpaired) electrons. The molecule has 0 saturated heterocycles. The second kappa shape index (κ2) is 5.06. The minimum Gasteiger partial charge on any atom is -0.378 e. The van der Waals surface area contributed by atoms with E-state index in [4.69, 9.17) is 6.42 Å². The van der Waals surface area contributed by atoms with Crippen LogP contribution in [0.1, 0.15) is 10.4 Å². The third kappa shape index (κ3) is 3.03. The molecule has 0 fully saturated rings. The van der Waals surface area contributed by atoms with Crippen LogP contribution in [0.4, 0.5) is 5.69 Å². The van der Waals surface area contributed by atoms with Crippen LogP contribution in [0.25, 0.3) is 0 Å². The second-order valence-electron chi connectivity index (χ2n) is 3.33. The van der Waals surface area contributed by atoms with E-state index in [9.17, 15) is 4.79 Å². The van der Waals surface area contributed by atoms with E-state index in [1.165, 1.54) is 0 Å². The van der Waals surface area contributed by atoms with Crippen molar-refractivity contribution < 1.29 is 4.79 Å². The van der Waals surface area contributed by atoms with Crippen LogP contribution in [0.15, 0.2) is 24.3 Å². The Morgan fingerprint density at radius 3 is 2.87 bits per heavy atom. The lowest BCUT2D eigenvalue weighted by Gasteiger charge is -2.13. The monoisotopic (exact) mass is 202 g/mol. The van der Waals surface area contributed by atoms with Gasteiger partial charge in [0.05, 0.1) is 6.54 Å². The molecular weight excluding hydrogens is 188 g/mol. The van der Waals surface area contributed by atoms with Gasteiger partial charge in [0.1, 0.15) is 0 Å². The molecule has 0 unspecified atom stereocenters. The molecular formula is C12H14N2O. The lowest BCUT2D eigenvalue weighted by molar-refractivity contribution is 0.0959. The molecule has 15 heavy (non-hydrogen) atoms. The summed E-state index contributed by atoms with van der Waals surface area (Å²) in [6, 6.07) is 7.38. The van der Waals surface area contributed by atoms with Crippen molar-refractivity contribution in [3.63, 3.8) is 0 Å². The van der Waals surface area contributed by atoms with Gasteiger partial charge in [0, 0.05) is 25.3 Å². The molecule has 78 valence electrons. The summed E-state index contributed by atoms with van der Waals surface area (Å²) in [5.74, 6) is 2.22. The van der Waals surface area contributed by atoms with Crippen LogP contribution in [0.2, 0.25) is 0 Å². The predicted molar refractivity (Wildman–Crippen MR) is 61.9 cm³/mol. The van der Waals surface area contributed by atoms with Crippen molar-refractivity contribution in [2.24, 2.45) is 0 Å². The van der Waals surface area contributed by atoms with E-state index < -0.39 is 0 Å². The quantitative estimate of drug-likeness (QED) is 0.745. The summed E-state index contributed by atoms with van der Waals surface area (Å²) in [6.45, 7) is 0.255. The summed E-state index contributed by atoms with van der Waals surface area (Å²) in [5.41, 5.74) is 1.61. The first-order valence-corrected chi connectivity index (χ1v) is 4.64. The topological polar surface area (TPSA) is 32.3 Å². The molecule has 0 atom stereocenters. The first kappa shape index (κ1) is 11.1. The van der Waals surface area contributed by atoms with E-state index in [1.54, 1.807) is 6.07 Å². The van der Waals surface area contributed by atoms with E-state index in [0.717, 1.165) is 5.69 Å². The van der Waals surface area contributed by atoms with Crippen LogP contribution in [0.3, 0.4) is 0 Å². The molecule has 1 rings (SSSR count). The highest BCUT2D eigenvalue weighted by Gasteiger charge is 2.05. The molecule has 0 saturated carbocycles. The first-order chi connectivity index (χ1) is 7.15. The zero-order valence-corrected chi connectivity index (χ0v) is 8.95. The van der Waals surface area contributed by atoms with Gasteiger partial charge in [0.15, 0.2) is 0 Å². The van der Waals surface area contributed by atoms with E-state index in [-0.39, 0.29) is 12.5 Å². The zero-order valence-electron chi connectivity index (χ0n) is 8.95. The largest absolute Gasteiger partial charge is 0.378 e. The van der Waals surface area contributed by atoms with Gasteiger partial charge >= 0.3 is 0 Å². The summed E-state index contributed by atoms with van der Waals surface area (Å²) in [7, 11) is 3.86. The van der Waals surface area contributed by atoms with Gasteiger partial charge in [-0.3, -0.25) is 4.79 Å². The number of rotatable bonds is 3. The molecule has 0 aliphatic carbocycles. The molecule has 1 N–H and O–H groups in total. The maximum Gasteiger partial charge on any atom is 0.252 e. The number of carbonyl (C=O) groups excluding carboxylic acids is 1. The maximum atomic E-state index is 11.6. The Hall–Kier alpha value is -1.95. The lowest BCUT2D eigenvalue weighted by atomic mass is 10.2. The van der Waals surface area contributed by atoms with E-state index in [1.807, 2.05) is 37.2 Å². The molecule has 0 aromatic heterocycles. The Morgan fingerprint density at radius 2 is 2.27 bits per heavy atom. The minimum atomic E-state index is -0.142. The minimum absolute atomic E-state index is 0.142. The van der Waals surface area contributed by atoms with Crippen molar-refractivity contribution in [3.8, 4) is 12.3 Å². The molecule has 0 spiro atoms. The Labute approximate surface area is 90.1 Å². The summed E-state index contributed by atoms with van der Waals surface area (Å²) in [5, 5.41) is 2.62.